The summed E-state index contributed by atoms with van der Waals surface area (Å²) in [5.74, 6) is -0.126. The van der Waals surface area contributed by atoms with Gasteiger partial charge in [-0.25, -0.2) is 0 Å². The van der Waals surface area contributed by atoms with E-state index in [0.29, 0.717) is 17.1 Å². The van der Waals surface area contributed by atoms with Crippen molar-refractivity contribution in [1.82, 2.24) is 10.3 Å². The van der Waals surface area contributed by atoms with E-state index >= 15 is 0 Å². The average Bonchev–Trinajstić information content (AvgIpc) is 2.52. The highest BCUT2D eigenvalue weighted by Crippen LogP contribution is 2.18. The molecule has 1 aromatic heterocycles. The molecule has 2 aromatic carbocycles. The Hall–Kier alpha value is -2.39. The molecule has 0 spiro atoms. The second-order valence-electron chi connectivity index (χ2n) is 5.63. The number of amides is 1. The molecule has 23 heavy (non-hydrogen) atoms. The summed E-state index contributed by atoms with van der Waals surface area (Å²) in [5.41, 5.74) is 4.34. The van der Waals surface area contributed by atoms with Crippen LogP contribution in [0.3, 0.4) is 0 Å². The highest BCUT2D eigenvalue weighted by molar-refractivity contribution is 6.30. The molecule has 3 nitrogen and oxygen atoms in total. The number of carbonyl (C=O) groups is 1. The van der Waals surface area contributed by atoms with Gasteiger partial charge in [0.15, 0.2) is 0 Å². The summed E-state index contributed by atoms with van der Waals surface area (Å²) in [4.78, 5) is 17.0. The summed E-state index contributed by atoms with van der Waals surface area (Å²) in [7, 11) is 0. The number of hydrogen-bond donors (Lipinski definition) is 1. The number of carbonyl (C=O) groups excluding carboxylic acids is 1. The van der Waals surface area contributed by atoms with Crippen molar-refractivity contribution in [2.24, 2.45) is 0 Å². The fourth-order valence-electron chi connectivity index (χ4n) is 2.55. The zero-order chi connectivity index (χ0) is 16.4. The van der Waals surface area contributed by atoms with E-state index < -0.39 is 0 Å². The van der Waals surface area contributed by atoms with Crippen LogP contribution in [0, 0.1) is 13.8 Å². The summed E-state index contributed by atoms with van der Waals surface area (Å²) in [5, 5.41) is 4.56. The molecule has 0 saturated carbocycles. The Morgan fingerprint density at radius 2 is 1.96 bits per heavy atom. The van der Waals surface area contributed by atoms with Crippen LogP contribution in [-0.4, -0.2) is 10.9 Å². The Kier molecular flexibility index (Phi) is 4.30. The maximum Gasteiger partial charge on any atom is 0.253 e. The molecule has 1 amide bonds. The second-order valence-corrected chi connectivity index (χ2v) is 6.07. The molecule has 0 bridgehead atoms. The van der Waals surface area contributed by atoms with Gasteiger partial charge in [-0.2, -0.15) is 0 Å². The summed E-state index contributed by atoms with van der Waals surface area (Å²) >= 11 is 5.96. The number of benzene rings is 2. The predicted molar refractivity (Wildman–Crippen MR) is 93.8 cm³/mol. The number of nitrogens with one attached hydrogen (secondary N) is 1. The van der Waals surface area contributed by atoms with E-state index in [1.807, 2.05) is 62.4 Å². The molecule has 3 aromatic rings. The van der Waals surface area contributed by atoms with Gasteiger partial charge in [0.1, 0.15) is 0 Å². The van der Waals surface area contributed by atoms with E-state index in [-0.39, 0.29) is 5.91 Å². The highest BCUT2D eigenvalue weighted by atomic mass is 35.5. The van der Waals surface area contributed by atoms with Crippen molar-refractivity contribution in [3.8, 4) is 0 Å². The Balaban J connectivity index is 1.84. The van der Waals surface area contributed by atoms with Gasteiger partial charge < -0.3 is 5.32 Å². The quantitative estimate of drug-likeness (QED) is 0.774. The third-order valence-corrected chi connectivity index (χ3v) is 3.98. The molecule has 1 N–H and O–H groups in total. The minimum absolute atomic E-state index is 0.126. The fraction of sp³-hybridized carbons (Fsp3) is 0.158. The summed E-state index contributed by atoms with van der Waals surface area (Å²) in [6.45, 7) is 4.32. The lowest BCUT2D eigenvalue weighted by Gasteiger charge is -2.09. The van der Waals surface area contributed by atoms with Crippen LogP contribution in [0.1, 0.15) is 27.2 Å². The maximum atomic E-state index is 12.5. The SMILES string of the molecule is Cc1ccc2nc(C)c(C(=O)NCc3cccc(Cl)c3)cc2c1. The zero-order valence-electron chi connectivity index (χ0n) is 13.1. The van der Waals surface area contributed by atoms with Crippen molar-refractivity contribution < 1.29 is 4.79 Å². The monoisotopic (exact) mass is 324 g/mol. The number of hydrogen-bond acceptors (Lipinski definition) is 2. The van der Waals surface area contributed by atoms with E-state index in [9.17, 15) is 4.79 Å². The first-order chi connectivity index (χ1) is 11.0. The van der Waals surface area contributed by atoms with Gasteiger partial charge in [-0.3, -0.25) is 9.78 Å². The first-order valence-corrected chi connectivity index (χ1v) is 7.81. The topological polar surface area (TPSA) is 42.0 Å². The summed E-state index contributed by atoms with van der Waals surface area (Å²) in [6.07, 6.45) is 0. The van der Waals surface area contributed by atoms with E-state index in [1.165, 1.54) is 0 Å². The Morgan fingerprint density at radius 1 is 1.13 bits per heavy atom. The van der Waals surface area contributed by atoms with Gasteiger partial charge in [-0.05, 0) is 49.7 Å². The van der Waals surface area contributed by atoms with Gasteiger partial charge >= 0.3 is 0 Å². The first-order valence-electron chi connectivity index (χ1n) is 7.43. The average molecular weight is 325 g/mol. The molecule has 116 valence electrons. The molecule has 3 rings (SSSR count). The molecule has 0 aliphatic rings. The lowest BCUT2D eigenvalue weighted by molar-refractivity contribution is 0.0950. The molecule has 0 atom stereocenters. The third-order valence-electron chi connectivity index (χ3n) is 3.75. The predicted octanol–water partition coefficient (Wildman–Crippen LogP) is 4.44. The van der Waals surface area contributed by atoms with Gasteiger partial charge in [0, 0.05) is 17.0 Å². The van der Waals surface area contributed by atoms with Crippen molar-refractivity contribution in [2.75, 3.05) is 0 Å². The van der Waals surface area contributed by atoms with Gasteiger partial charge in [-0.1, -0.05) is 35.4 Å². The number of halogens is 1. The molecule has 0 unspecified atom stereocenters. The molecular formula is C19H17ClN2O. The standard InChI is InChI=1S/C19H17ClN2O/c1-12-6-7-18-15(8-12)10-17(13(2)22-18)19(23)21-11-14-4-3-5-16(20)9-14/h3-10H,11H2,1-2H3,(H,21,23). The van der Waals surface area contributed by atoms with Crippen molar-refractivity contribution in [1.29, 1.82) is 0 Å². The number of nitrogens with zero attached hydrogens (tertiary/aromatic N) is 1. The molecule has 4 heteroatoms. The molecule has 0 saturated heterocycles. The lowest BCUT2D eigenvalue weighted by atomic mass is 10.1. The van der Waals surface area contributed by atoms with E-state index in [4.69, 9.17) is 11.6 Å². The number of aromatic nitrogens is 1. The lowest BCUT2D eigenvalue weighted by Crippen LogP contribution is -2.24. The van der Waals surface area contributed by atoms with Crippen molar-refractivity contribution in [2.45, 2.75) is 20.4 Å². The van der Waals surface area contributed by atoms with Crippen molar-refractivity contribution in [3.05, 3.63) is 75.9 Å². The smallest absolute Gasteiger partial charge is 0.253 e. The minimum atomic E-state index is -0.126. The van der Waals surface area contributed by atoms with Crippen LogP contribution in [0.2, 0.25) is 5.02 Å². The minimum Gasteiger partial charge on any atom is -0.348 e. The van der Waals surface area contributed by atoms with Crippen molar-refractivity contribution in [3.63, 3.8) is 0 Å². The molecule has 0 radical (unpaired) electrons. The van der Waals surface area contributed by atoms with Crippen molar-refractivity contribution >= 4 is 28.4 Å². The number of pyridine rings is 1. The number of aryl methyl sites for hydroxylation is 2. The Bertz CT molecular complexity index is 890. The number of rotatable bonds is 3. The van der Waals surface area contributed by atoms with Crippen LogP contribution in [0.25, 0.3) is 10.9 Å². The van der Waals surface area contributed by atoms with Crippen LogP contribution in [0.5, 0.6) is 0 Å². The normalized spacial score (nSPS) is 10.7. The van der Waals surface area contributed by atoms with E-state index in [1.54, 1.807) is 0 Å². The summed E-state index contributed by atoms with van der Waals surface area (Å²) < 4.78 is 0. The molecule has 0 aliphatic carbocycles. The van der Waals surface area contributed by atoms with Crippen LogP contribution < -0.4 is 5.32 Å². The maximum absolute atomic E-state index is 12.5. The number of fused-ring (bicyclic) bond motifs is 1. The molecular weight excluding hydrogens is 308 g/mol. The molecule has 0 fully saturated rings. The Labute approximate surface area is 140 Å². The van der Waals surface area contributed by atoms with Gasteiger partial charge in [0.25, 0.3) is 5.91 Å². The van der Waals surface area contributed by atoms with Crippen LogP contribution in [-0.2, 0) is 6.54 Å². The Morgan fingerprint density at radius 3 is 2.74 bits per heavy atom. The first kappa shape index (κ1) is 15.5. The highest BCUT2D eigenvalue weighted by Gasteiger charge is 2.11. The zero-order valence-corrected chi connectivity index (χ0v) is 13.8. The molecule has 1 heterocycles. The van der Waals surface area contributed by atoms with Gasteiger partial charge in [0.2, 0.25) is 0 Å². The third kappa shape index (κ3) is 3.51. The van der Waals surface area contributed by atoms with E-state index in [2.05, 4.69) is 10.3 Å². The van der Waals surface area contributed by atoms with Crippen LogP contribution in [0.15, 0.2) is 48.5 Å². The van der Waals surface area contributed by atoms with Crippen LogP contribution >= 0.6 is 11.6 Å². The van der Waals surface area contributed by atoms with Gasteiger partial charge in [-0.15, -0.1) is 0 Å². The summed E-state index contributed by atoms with van der Waals surface area (Å²) in [6, 6.07) is 15.4. The fourth-order valence-corrected chi connectivity index (χ4v) is 2.76. The van der Waals surface area contributed by atoms with E-state index in [0.717, 1.165) is 27.7 Å². The molecule has 0 aliphatic heterocycles. The largest absolute Gasteiger partial charge is 0.348 e. The second kappa shape index (κ2) is 6.39. The van der Waals surface area contributed by atoms with Gasteiger partial charge in [0.05, 0.1) is 16.8 Å². The van der Waals surface area contributed by atoms with Crippen LogP contribution in [0.4, 0.5) is 0 Å².